The fraction of sp³-hybridized carbons (Fsp3) is 0.273. The number of esters is 1. The Morgan fingerprint density at radius 1 is 0.949 bits per heavy atom. The summed E-state index contributed by atoms with van der Waals surface area (Å²) >= 11 is 0. The van der Waals surface area contributed by atoms with Crippen molar-refractivity contribution in [1.29, 1.82) is 0 Å². The molecule has 0 saturated carbocycles. The van der Waals surface area contributed by atoms with Gasteiger partial charge in [-0.25, -0.2) is 0 Å². The van der Waals surface area contributed by atoms with Crippen molar-refractivity contribution in [2.45, 2.75) is 58.6 Å². The lowest BCUT2D eigenvalue weighted by Crippen LogP contribution is -2.30. The van der Waals surface area contributed by atoms with Gasteiger partial charge in [0.25, 0.3) is 0 Å². The second-order valence-corrected chi connectivity index (χ2v) is 11.1. The molecule has 0 bridgehead atoms. The lowest BCUT2D eigenvalue weighted by Gasteiger charge is -2.21. The molecule has 0 aliphatic rings. The van der Waals surface area contributed by atoms with Crippen LogP contribution in [-0.4, -0.2) is 27.4 Å². The van der Waals surface area contributed by atoms with Crippen molar-refractivity contribution in [1.82, 2.24) is 15.3 Å². The lowest BCUT2D eigenvalue weighted by molar-refractivity contribution is -0.154. The molecule has 5 rings (SSSR count). The molecule has 0 aliphatic carbocycles. The maximum absolute atomic E-state index is 13.4. The highest BCUT2D eigenvalue weighted by Crippen LogP contribution is 2.30. The van der Waals surface area contributed by atoms with E-state index in [9.17, 15) is 9.59 Å². The number of aromatic nitrogens is 2. The van der Waals surface area contributed by atoms with Crippen LogP contribution in [-0.2, 0) is 27.2 Å². The molecule has 3 aromatic carbocycles. The zero-order valence-electron chi connectivity index (χ0n) is 22.9. The molecule has 3 N–H and O–H groups in total. The van der Waals surface area contributed by atoms with E-state index in [-0.39, 0.29) is 24.3 Å². The Morgan fingerprint density at radius 2 is 1.74 bits per heavy atom. The van der Waals surface area contributed by atoms with Crippen molar-refractivity contribution in [3.8, 4) is 0 Å². The highest BCUT2D eigenvalue weighted by Gasteiger charge is 2.21. The molecule has 6 heteroatoms. The smallest absolute Gasteiger partial charge is 0.306 e. The number of amides is 1. The monoisotopic (exact) mass is 521 g/mol. The van der Waals surface area contributed by atoms with Crippen molar-refractivity contribution >= 4 is 33.7 Å². The van der Waals surface area contributed by atoms with Crippen LogP contribution in [0.1, 0.15) is 61.1 Å². The Hall–Kier alpha value is -4.32. The molecule has 0 fully saturated rings. The largest absolute Gasteiger partial charge is 0.460 e. The Balaban J connectivity index is 1.36. The van der Waals surface area contributed by atoms with E-state index in [1.165, 1.54) is 5.56 Å². The number of nitrogens with one attached hydrogen (secondary N) is 3. The van der Waals surface area contributed by atoms with Crippen LogP contribution in [0.15, 0.2) is 79.1 Å². The fourth-order valence-corrected chi connectivity index (χ4v) is 5.12. The molecule has 6 nitrogen and oxygen atoms in total. The third-order valence-electron chi connectivity index (χ3n) is 6.94. The SMILES string of the molecule is Cc1ccc(C(NC(=O)Cc2ccc3[nH]cc(CCC(=O)OC(C)(C)C)c3c2)c2ccccc2)c2[nH]ccc12. The number of aromatic amines is 2. The van der Waals surface area contributed by atoms with Gasteiger partial charge in [-0.05, 0) is 74.6 Å². The van der Waals surface area contributed by atoms with E-state index in [0.717, 1.165) is 44.1 Å². The van der Waals surface area contributed by atoms with Crippen molar-refractivity contribution in [3.63, 3.8) is 0 Å². The molecule has 2 heterocycles. The van der Waals surface area contributed by atoms with Crippen molar-refractivity contribution in [2.75, 3.05) is 0 Å². The summed E-state index contributed by atoms with van der Waals surface area (Å²) in [6, 6.07) is 22.0. The zero-order valence-corrected chi connectivity index (χ0v) is 22.9. The summed E-state index contributed by atoms with van der Waals surface area (Å²) in [7, 11) is 0. The Morgan fingerprint density at radius 3 is 2.51 bits per heavy atom. The molecule has 0 aliphatic heterocycles. The van der Waals surface area contributed by atoms with Crippen LogP contribution in [0.2, 0.25) is 0 Å². The van der Waals surface area contributed by atoms with E-state index < -0.39 is 5.60 Å². The first-order chi connectivity index (χ1) is 18.7. The van der Waals surface area contributed by atoms with Gasteiger partial charge < -0.3 is 20.0 Å². The van der Waals surface area contributed by atoms with Gasteiger partial charge >= 0.3 is 5.97 Å². The number of H-pyrrole nitrogens is 2. The van der Waals surface area contributed by atoms with Gasteiger partial charge in [0, 0.05) is 40.7 Å². The Bertz CT molecular complexity index is 1620. The van der Waals surface area contributed by atoms with E-state index >= 15 is 0 Å². The summed E-state index contributed by atoms with van der Waals surface area (Å²) in [5.74, 6) is -0.277. The maximum atomic E-state index is 13.4. The highest BCUT2D eigenvalue weighted by atomic mass is 16.6. The van der Waals surface area contributed by atoms with Crippen LogP contribution in [0.4, 0.5) is 0 Å². The molecular formula is C33H35N3O3. The van der Waals surface area contributed by atoms with Gasteiger partial charge in [-0.1, -0.05) is 48.5 Å². The molecule has 1 atom stereocenters. The Labute approximate surface area is 228 Å². The van der Waals surface area contributed by atoms with Crippen LogP contribution >= 0.6 is 0 Å². The van der Waals surface area contributed by atoms with E-state index in [0.29, 0.717) is 12.8 Å². The molecule has 200 valence electrons. The van der Waals surface area contributed by atoms with Crippen LogP contribution in [0, 0.1) is 6.92 Å². The average molecular weight is 522 g/mol. The first-order valence-corrected chi connectivity index (χ1v) is 13.4. The predicted octanol–water partition coefficient (Wildman–Crippen LogP) is 6.68. The van der Waals surface area contributed by atoms with Gasteiger partial charge in [-0.15, -0.1) is 0 Å². The minimum atomic E-state index is -0.499. The van der Waals surface area contributed by atoms with Gasteiger partial charge in [0.05, 0.1) is 18.0 Å². The number of ether oxygens (including phenoxy) is 1. The topological polar surface area (TPSA) is 87.0 Å². The van der Waals surface area contributed by atoms with Crippen molar-refractivity contribution < 1.29 is 14.3 Å². The van der Waals surface area contributed by atoms with Gasteiger partial charge in [0.2, 0.25) is 5.91 Å². The third kappa shape index (κ3) is 6.06. The number of rotatable bonds is 8. The zero-order chi connectivity index (χ0) is 27.6. The number of fused-ring (bicyclic) bond motifs is 2. The summed E-state index contributed by atoms with van der Waals surface area (Å²) in [6.45, 7) is 7.70. The average Bonchev–Trinajstić information content (AvgIpc) is 3.54. The molecule has 39 heavy (non-hydrogen) atoms. The minimum Gasteiger partial charge on any atom is -0.460 e. The Kier molecular flexibility index (Phi) is 7.29. The van der Waals surface area contributed by atoms with Crippen LogP contribution < -0.4 is 5.32 Å². The molecule has 0 saturated heterocycles. The van der Waals surface area contributed by atoms with E-state index in [1.807, 2.05) is 81.7 Å². The predicted molar refractivity (Wildman–Crippen MR) is 156 cm³/mol. The minimum absolute atomic E-state index is 0.0608. The summed E-state index contributed by atoms with van der Waals surface area (Å²) in [5, 5.41) is 5.47. The van der Waals surface area contributed by atoms with Crippen LogP contribution in [0.25, 0.3) is 21.8 Å². The number of hydrogen-bond acceptors (Lipinski definition) is 3. The first-order valence-electron chi connectivity index (χ1n) is 13.4. The molecule has 0 spiro atoms. The van der Waals surface area contributed by atoms with Gasteiger partial charge in [0.15, 0.2) is 0 Å². The van der Waals surface area contributed by atoms with Gasteiger partial charge in [-0.2, -0.15) is 0 Å². The van der Waals surface area contributed by atoms with E-state index in [2.05, 4.69) is 40.4 Å². The summed E-state index contributed by atoms with van der Waals surface area (Å²) < 4.78 is 5.46. The number of carbonyl (C=O) groups excluding carboxylic acids is 2. The second kappa shape index (κ2) is 10.8. The third-order valence-corrected chi connectivity index (χ3v) is 6.94. The highest BCUT2D eigenvalue weighted by molar-refractivity contribution is 5.89. The molecule has 5 aromatic rings. The quantitative estimate of drug-likeness (QED) is 0.199. The van der Waals surface area contributed by atoms with Crippen molar-refractivity contribution in [3.05, 3.63) is 107 Å². The van der Waals surface area contributed by atoms with Crippen LogP contribution in [0.3, 0.4) is 0 Å². The molecule has 0 radical (unpaired) electrons. The normalized spacial score (nSPS) is 12.5. The molecule has 1 amide bonds. The van der Waals surface area contributed by atoms with E-state index in [4.69, 9.17) is 4.74 Å². The number of hydrogen-bond donors (Lipinski definition) is 3. The van der Waals surface area contributed by atoms with Gasteiger partial charge in [-0.3, -0.25) is 9.59 Å². The summed E-state index contributed by atoms with van der Waals surface area (Å²) in [4.78, 5) is 32.3. The van der Waals surface area contributed by atoms with E-state index in [1.54, 1.807) is 0 Å². The standard InChI is InChI=1S/C33H35N3O3/c1-21-10-13-26(32-25(21)16-17-34-32)31(23-8-6-5-7-9-23)36-29(37)19-22-11-14-28-27(18-22)24(20-35-28)12-15-30(38)39-33(2,3)4/h5-11,13-14,16-18,20,31,34-35H,12,15,19H2,1-4H3,(H,36,37). The fourth-order valence-electron chi connectivity index (χ4n) is 5.12. The van der Waals surface area contributed by atoms with Gasteiger partial charge in [0.1, 0.15) is 5.60 Å². The maximum Gasteiger partial charge on any atom is 0.306 e. The lowest BCUT2D eigenvalue weighted by atomic mass is 9.95. The summed E-state index contributed by atoms with van der Waals surface area (Å²) in [6.07, 6.45) is 4.99. The molecule has 2 aromatic heterocycles. The number of aryl methyl sites for hydroxylation is 2. The van der Waals surface area contributed by atoms with Crippen LogP contribution in [0.5, 0.6) is 0 Å². The molecular weight excluding hydrogens is 486 g/mol. The summed E-state index contributed by atoms with van der Waals surface area (Å²) in [5.41, 5.74) is 6.72. The number of benzene rings is 3. The second-order valence-electron chi connectivity index (χ2n) is 11.1. The van der Waals surface area contributed by atoms with Crippen molar-refractivity contribution in [2.24, 2.45) is 0 Å². The molecule has 1 unspecified atom stereocenters. The number of carbonyl (C=O) groups is 2. The first kappa shape index (κ1) is 26.3.